The van der Waals surface area contributed by atoms with Crippen LogP contribution >= 0.6 is 0 Å². The molecule has 0 aromatic heterocycles. The monoisotopic (exact) mass is 258 g/mol. The van der Waals surface area contributed by atoms with Crippen molar-refractivity contribution in [2.45, 2.75) is 53.0 Å². The van der Waals surface area contributed by atoms with E-state index in [1.807, 2.05) is 0 Å². The van der Waals surface area contributed by atoms with Gasteiger partial charge in [0.1, 0.15) is 6.04 Å². The number of carbonyl (C=O) groups excluding carboxylic acids is 1. The first-order valence-corrected chi connectivity index (χ1v) is 6.44. The molecule has 0 aliphatic carbocycles. The molecular formula is C13H26N2O3. The summed E-state index contributed by atoms with van der Waals surface area (Å²) in [4.78, 5) is 24.5. The van der Waals surface area contributed by atoms with Crippen LogP contribution in [0.5, 0.6) is 0 Å². The Labute approximate surface area is 110 Å². The third-order valence-corrected chi connectivity index (χ3v) is 2.82. The molecule has 0 spiro atoms. The molecule has 5 heteroatoms. The number of carboxylic acid groups (broad SMARTS) is 1. The third-order valence-electron chi connectivity index (χ3n) is 2.82. The summed E-state index contributed by atoms with van der Waals surface area (Å²) in [5, 5.41) is 11.7. The summed E-state index contributed by atoms with van der Waals surface area (Å²) in [5.41, 5.74) is -0.508. The first-order valence-electron chi connectivity index (χ1n) is 6.44. The lowest BCUT2D eigenvalue weighted by atomic mass is 9.87. The van der Waals surface area contributed by atoms with Crippen molar-refractivity contribution in [2.75, 3.05) is 13.6 Å². The van der Waals surface area contributed by atoms with Gasteiger partial charge < -0.3 is 15.3 Å². The molecule has 106 valence electrons. The number of rotatable bonds is 6. The van der Waals surface area contributed by atoms with E-state index in [1.165, 1.54) is 4.90 Å². The number of carboxylic acids is 1. The molecule has 0 aromatic rings. The third kappa shape index (κ3) is 5.89. The van der Waals surface area contributed by atoms with Crippen LogP contribution in [0.4, 0.5) is 4.79 Å². The second-order valence-electron chi connectivity index (χ2n) is 5.72. The number of amides is 2. The van der Waals surface area contributed by atoms with Gasteiger partial charge in [0, 0.05) is 13.6 Å². The molecule has 0 bridgehead atoms. The van der Waals surface area contributed by atoms with Crippen molar-refractivity contribution in [1.82, 2.24) is 10.2 Å². The van der Waals surface area contributed by atoms with E-state index in [9.17, 15) is 9.59 Å². The highest BCUT2D eigenvalue weighted by Gasteiger charge is 2.33. The lowest BCUT2D eigenvalue weighted by Gasteiger charge is -2.29. The molecule has 2 N–H and O–H groups in total. The summed E-state index contributed by atoms with van der Waals surface area (Å²) >= 11 is 0. The van der Waals surface area contributed by atoms with Crippen molar-refractivity contribution < 1.29 is 14.7 Å². The molecule has 5 nitrogen and oxygen atoms in total. The topological polar surface area (TPSA) is 69.6 Å². The SMILES string of the molecule is CCCCCN(C)C(=O)N[C@H](C(=O)O)C(C)(C)C. The highest BCUT2D eigenvalue weighted by Crippen LogP contribution is 2.19. The maximum absolute atomic E-state index is 11.9. The fraction of sp³-hybridized carbons (Fsp3) is 0.846. The zero-order valence-corrected chi connectivity index (χ0v) is 12.1. The normalized spacial score (nSPS) is 12.9. The van der Waals surface area contributed by atoms with E-state index in [4.69, 9.17) is 5.11 Å². The first kappa shape index (κ1) is 16.7. The molecule has 18 heavy (non-hydrogen) atoms. The van der Waals surface area contributed by atoms with Crippen LogP contribution in [0.2, 0.25) is 0 Å². The van der Waals surface area contributed by atoms with Gasteiger partial charge in [0.15, 0.2) is 0 Å². The van der Waals surface area contributed by atoms with E-state index in [0.29, 0.717) is 6.54 Å². The van der Waals surface area contributed by atoms with Gasteiger partial charge in [-0.3, -0.25) is 0 Å². The standard InChI is InChI=1S/C13H26N2O3/c1-6-7-8-9-15(5)12(18)14-10(11(16)17)13(2,3)4/h10H,6-9H2,1-5H3,(H,14,18)(H,16,17)/t10-/m1/s1. The number of urea groups is 1. The quantitative estimate of drug-likeness (QED) is 0.718. The molecule has 0 aliphatic rings. The minimum Gasteiger partial charge on any atom is -0.480 e. The van der Waals surface area contributed by atoms with Crippen LogP contribution in [-0.4, -0.2) is 41.6 Å². The Bertz CT molecular complexity index is 284. The van der Waals surface area contributed by atoms with Crippen molar-refractivity contribution >= 4 is 12.0 Å². The number of carbonyl (C=O) groups is 2. The summed E-state index contributed by atoms with van der Waals surface area (Å²) in [6, 6.07) is -1.20. The van der Waals surface area contributed by atoms with E-state index in [2.05, 4.69) is 12.2 Å². The van der Waals surface area contributed by atoms with Gasteiger partial charge in [0.25, 0.3) is 0 Å². The molecule has 2 amide bonds. The molecule has 0 aromatic carbocycles. The van der Waals surface area contributed by atoms with E-state index in [1.54, 1.807) is 27.8 Å². The Balaban J connectivity index is 4.38. The number of nitrogens with zero attached hydrogens (tertiary/aromatic N) is 1. The number of unbranched alkanes of at least 4 members (excludes halogenated alkanes) is 2. The lowest BCUT2D eigenvalue weighted by Crippen LogP contribution is -2.52. The van der Waals surface area contributed by atoms with Crippen molar-refractivity contribution in [3.05, 3.63) is 0 Å². The van der Waals surface area contributed by atoms with Crippen molar-refractivity contribution in [3.63, 3.8) is 0 Å². The van der Waals surface area contributed by atoms with Gasteiger partial charge in [-0.25, -0.2) is 9.59 Å². The van der Waals surface area contributed by atoms with Gasteiger partial charge in [-0.2, -0.15) is 0 Å². The molecule has 0 fully saturated rings. The minimum atomic E-state index is -1.00. The van der Waals surface area contributed by atoms with Crippen molar-refractivity contribution in [2.24, 2.45) is 5.41 Å². The number of hydrogen-bond donors (Lipinski definition) is 2. The lowest BCUT2D eigenvalue weighted by molar-refractivity contribution is -0.142. The van der Waals surface area contributed by atoms with Crippen molar-refractivity contribution in [1.29, 1.82) is 0 Å². The number of hydrogen-bond acceptors (Lipinski definition) is 2. The van der Waals surface area contributed by atoms with Gasteiger partial charge in [-0.15, -0.1) is 0 Å². The molecule has 0 heterocycles. The Morgan fingerprint density at radius 1 is 1.28 bits per heavy atom. The zero-order valence-electron chi connectivity index (χ0n) is 12.1. The molecular weight excluding hydrogens is 232 g/mol. The van der Waals surface area contributed by atoms with Crippen LogP contribution in [0.15, 0.2) is 0 Å². The Morgan fingerprint density at radius 2 is 1.83 bits per heavy atom. The van der Waals surface area contributed by atoms with Crippen molar-refractivity contribution in [3.8, 4) is 0 Å². The van der Waals surface area contributed by atoms with E-state index >= 15 is 0 Å². The molecule has 0 radical (unpaired) electrons. The number of nitrogens with one attached hydrogen (secondary N) is 1. The highest BCUT2D eigenvalue weighted by atomic mass is 16.4. The maximum atomic E-state index is 11.9. The zero-order chi connectivity index (χ0) is 14.3. The largest absolute Gasteiger partial charge is 0.480 e. The Hall–Kier alpha value is -1.26. The average molecular weight is 258 g/mol. The van der Waals surface area contributed by atoms with Crippen LogP contribution in [0, 0.1) is 5.41 Å². The second-order valence-corrected chi connectivity index (χ2v) is 5.72. The summed E-state index contributed by atoms with van der Waals surface area (Å²) in [5.74, 6) is -1.00. The van der Waals surface area contributed by atoms with Crippen LogP contribution < -0.4 is 5.32 Å². The molecule has 0 saturated heterocycles. The summed E-state index contributed by atoms with van der Waals surface area (Å²) < 4.78 is 0. The van der Waals surface area contributed by atoms with E-state index in [0.717, 1.165) is 19.3 Å². The number of aliphatic carboxylic acids is 1. The smallest absolute Gasteiger partial charge is 0.326 e. The molecule has 0 saturated carbocycles. The Morgan fingerprint density at radius 3 is 2.22 bits per heavy atom. The van der Waals surface area contributed by atoms with E-state index in [-0.39, 0.29) is 6.03 Å². The molecule has 1 atom stereocenters. The summed E-state index contributed by atoms with van der Waals surface area (Å²) in [6.07, 6.45) is 3.10. The van der Waals surface area contributed by atoms with E-state index < -0.39 is 17.4 Å². The van der Waals surface area contributed by atoms with Gasteiger partial charge in [-0.05, 0) is 11.8 Å². The predicted octanol–water partition coefficient (Wildman–Crippen LogP) is 2.32. The fourth-order valence-electron chi connectivity index (χ4n) is 1.58. The van der Waals surface area contributed by atoms with Crippen LogP contribution in [-0.2, 0) is 4.79 Å². The van der Waals surface area contributed by atoms with Crippen LogP contribution in [0.3, 0.4) is 0 Å². The predicted molar refractivity (Wildman–Crippen MR) is 71.6 cm³/mol. The summed E-state index contributed by atoms with van der Waals surface area (Å²) in [7, 11) is 1.69. The summed E-state index contributed by atoms with van der Waals surface area (Å²) in [6.45, 7) is 8.13. The fourth-order valence-corrected chi connectivity index (χ4v) is 1.58. The maximum Gasteiger partial charge on any atom is 0.326 e. The van der Waals surface area contributed by atoms with Gasteiger partial charge in [0.05, 0.1) is 0 Å². The minimum absolute atomic E-state index is 0.326. The average Bonchev–Trinajstić information content (AvgIpc) is 2.23. The van der Waals surface area contributed by atoms with Crippen LogP contribution in [0.1, 0.15) is 47.0 Å². The molecule has 0 unspecified atom stereocenters. The highest BCUT2D eigenvalue weighted by molar-refractivity contribution is 5.83. The first-order chi connectivity index (χ1) is 8.20. The van der Waals surface area contributed by atoms with Gasteiger partial charge in [-0.1, -0.05) is 40.5 Å². The van der Waals surface area contributed by atoms with Gasteiger partial charge >= 0.3 is 12.0 Å². The molecule has 0 aliphatic heterocycles. The Kier molecular flexibility index (Phi) is 6.73. The van der Waals surface area contributed by atoms with Crippen LogP contribution in [0.25, 0.3) is 0 Å². The molecule has 0 rings (SSSR count). The van der Waals surface area contributed by atoms with Gasteiger partial charge in [0.2, 0.25) is 0 Å². The second kappa shape index (κ2) is 7.24.